The molecule has 0 saturated carbocycles. The topological polar surface area (TPSA) is 82.4 Å². The van der Waals surface area contributed by atoms with Crippen LogP contribution in [0.3, 0.4) is 0 Å². The Morgan fingerprint density at radius 2 is 2.03 bits per heavy atom. The number of nitrogens with one attached hydrogen (secondary N) is 1. The zero-order chi connectivity index (χ0) is 22.1. The number of carbonyl (C=O) groups is 2. The lowest BCUT2D eigenvalue weighted by Gasteiger charge is -2.41. The summed E-state index contributed by atoms with van der Waals surface area (Å²) in [6.45, 7) is 2.89. The Labute approximate surface area is 170 Å². The molecular formula is C21H18F3N3O3. The highest BCUT2D eigenvalue weighted by molar-refractivity contribution is 6.03. The molecule has 0 bridgehead atoms. The second-order valence-corrected chi connectivity index (χ2v) is 6.99. The number of halogens is 3. The van der Waals surface area contributed by atoms with Gasteiger partial charge in [-0.1, -0.05) is 12.1 Å². The number of carbonyl (C=O) groups excluding carboxylic acids is 2. The van der Waals surface area contributed by atoms with Crippen molar-refractivity contribution in [1.29, 1.82) is 5.26 Å². The summed E-state index contributed by atoms with van der Waals surface area (Å²) in [6.07, 6.45) is -4.12. The molecule has 9 heteroatoms. The molecule has 1 unspecified atom stereocenters. The molecule has 1 heterocycles. The zero-order valence-electron chi connectivity index (χ0n) is 16.2. The van der Waals surface area contributed by atoms with Gasteiger partial charge in [0.15, 0.2) is 0 Å². The number of nitriles is 1. The summed E-state index contributed by atoms with van der Waals surface area (Å²) in [7, 11) is 0. The Kier molecular flexibility index (Phi) is 5.44. The largest absolute Gasteiger partial charge is 0.471 e. The minimum Gasteiger partial charge on any atom is -0.471 e. The Morgan fingerprint density at radius 1 is 1.30 bits per heavy atom. The predicted molar refractivity (Wildman–Crippen MR) is 102 cm³/mol. The summed E-state index contributed by atoms with van der Waals surface area (Å²) in [4.78, 5) is 25.3. The van der Waals surface area contributed by atoms with Crippen LogP contribution in [0.2, 0.25) is 0 Å². The van der Waals surface area contributed by atoms with Crippen molar-refractivity contribution in [2.24, 2.45) is 0 Å². The molecular weight excluding hydrogens is 399 g/mol. The van der Waals surface area contributed by atoms with Crippen molar-refractivity contribution in [2.75, 3.05) is 18.0 Å². The van der Waals surface area contributed by atoms with Crippen molar-refractivity contribution in [3.63, 3.8) is 0 Å². The van der Waals surface area contributed by atoms with Gasteiger partial charge in [0.2, 0.25) is 12.0 Å². The van der Waals surface area contributed by atoms with Crippen LogP contribution >= 0.6 is 0 Å². The lowest BCUT2D eigenvalue weighted by molar-refractivity contribution is -0.138. The molecule has 0 spiro atoms. The van der Waals surface area contributed by atoms with Gasteiger partial charge in [-0.2, -0.15) is 18.4 Å². The molecule has 2 aromatic carbocycles. The van der Waals surface area contributed by atoms with Crippen LogP contribution < -0.4 is 15.0 Å². The molecule has 0 aliphatic carbocycles. The number of fused-ring (bicyclic) bond motifs is 1. The average molecular weight is 417 g/mol. The number of nitrogens with zero attached hydrogens (tertiary/aromatic N) is 2. The second-order valence-electron chi connectivity index (χ2n) is 6.99. The van der Waals surface area contributed by atoms with Crippen molar-refractivity contribution in [3.05, 3.63) is 58.7 Å². The van der Waals surface area contributed by atoms with E-state index in [0.717, 1.165) is 6.07 Å². The summed E-state index contributed by atoms with van der Waals surface area (Å²) >= 11 is 0. The van der Waals surface area contributed by atoms with E-state index in [-0.39, 0.29) is 35.7 Å². The van der Waals surface area contributed by atoms with Crippen molar-refractivity contribution in [1.82, 2.24) is 5.32 Å². The first-order chi connectivity index (χ1) is 14.1. The van der Waals surface area contributed by atoms with Crippen LogP contribution in [0.1, 0.15) is 29.2 Å². The minimum atomic E-state index is -4.59. The van der Waals surface area contributed by atoms with Gasteiger partial charge in [-0.15, -0.1) is 0 Å². The van der Waals surface area contributed by atoms with E-state index in [4.69, 9.17) is 10.00 Å². The number of benzene rings is 2. The van der Waals surface area contributed by atoms with Crippen LogP contribution in [0, 0.1) is 18.3 Å². The first-order valence-electron chi connectivity index (χ1n) is 9.02. The van der Waals surface area contributed by atoms with Crippen LogP contribution in [-0.2, 0) is 21.4 Å². The third kappa shape index (κ3) is 3.68. The number of alkyl halides is 3. The van der Waals surface area contributed by atoms with E-state index in [1.807, 2.05) is 6.07 Å². The number of rotatable bonds is 5. The molecule has 2 amide bonds. The minimum absolute atomic E-state index is 0.0340. The molecule has 0 aromatic heterocycles. The van der Waals surface area contributed by atoms with Crippen LogP contribution in [0.4, 0.5) is 18.9 Å². The Morgan fingerprint density at radius 3 is 2.67 bits per heavy atom. The standard InChI is InChI=1S/C21H18F3N3O3/c1-13-8-17-18(10-16(13)21(22,23)24)30-20(2,15-5-3-4-14(9-15)11-25)19(29)27(17)7-6-26-12-28/h3-5,8-10,12H,6-7H2,1-2H3,(H,26,28). The fourth-order valence-corrected chi connectivity index (χ4v) is 3.43. The molecule has 1 atom stereocenters. The molecule has 1 N–H and O–H groups in total. The highest BCUT2D eigenvalue weighted by Crippen LogP contribution is 2.46. The van der Waals surface area contributed by atoms with Crippen LogP contribution in [0.15, 0.2) is 36.4 Å². The monoisotopic (exact) mass is 417 g/mol. The summed E-state index contributed by atoms with van der Waals surface area (Å²) < 4.78 is 46.2. The SMILES string of the molecule is Cc1cc2c(cc1C(F)(F)F)OC(C)(c1cccc(C#N)c1)C(=O)N2CCNC=O. The predicted octanol–water partition coefficient (Wildman–Crippen LogP) is 3.27. The molecule has 0 saturated heterocycles. The molecule has 0 radical (unpaired) electrons. The third-order valence-electron chi connectivity index (χ3n) is 4.98. The van der Waals surface area contributed by atoms with E-state index in [0.29, 0.717) is 12.0 Å². The smallest absolute Gasteiger partial charge is 0.416 e. The number of anilines is 1. The molecule has 0 fully saturated rings. The fourth-order valence-electron chi connectivity index (χ4n) is 3.43. The van der Waals surface area contributed by atoms with Gasteiger partial charge in [-0.25, -0.2) is 0 Å². The highest BCUT2D eigenvalue weighted by atomic mass is 19.4. The van der Waals surface area contributed by atoms with E-state index in [9.17, 15) is 22.8 Å². The maximum Gasteiger partial charge on any atom is 0.416 e. The summed E-state index contributed by atoms with van der Waals surface area (Å²) in [5, 5.41) is 11.6. The van der Waals surface area contributed by atoms with Gasteiger partial charge >= 0.3 is 6.18 Å². The van der Waals surface area contributed by atoms with E-state index in [2.05, 4.69) is 5.32 Å². The van der Waals surface area contributed by atoms with Gasteiger partial charge < -0.3 is 15.0 Å². The van der Waals surface area contributed by atoms with E-state index >= 15 is 0 Å². The van der Waals surface area contributed by atoms with Crippen LogP contribution in [0.5, 0.6) is 5.75 Å². The number of aryl methyl sites for hydroxylation is 1. The van der Waals surface area contributed by atoms with Gasteiger partial charge in [0.1, 0.15) is 5.75 Å². The average Bonchev–Trinajstić information content (AvgIpc) is 2.70. The van der Waals surface area contributed by atoms with Crippen LogP contribution in [-0.4, -0.2) is 25.4 Å². The molecule has 30 heavy (non-hydrogen) atoms. The third-order valence-corrected chi connectivity index (χ3v) is 4.98. The van der Waals surface area contributed by atoms with E-state index < -0.39 is 23.2 Å². The number of hydrogen-bond acceptors (Lipinski definition) is 4. The molecule has 1 aliphatic heterocycles. The van der Waals surface area contributed by atoms with Crippen molar-refractivity contribution in [2.45, 2.75) is 25.6 Å². The second kappa shape index (κ2) is 7.71. The maximum absolute atomic E-state index is 13.4. The van der Waals surface area contributed by atoms with Crippen molar-refractivity contribution < 1.29 is 27.5 Å². The quantitative estimate of drug-likeness (QED) is 0.598. The van der Waals surface area contributed by atoms with Crippen LogP contribution in [0.25, 0.3) is 0 Å². The summed E-state index contributed by atoms with van der Waals surface area (Å²) in [6, 6.07) is 10.3. The number of amides is 2. The van der Waals surface area contributed by atoms with E-state index in [1.165, 1.54) is 30.9 Å². The van der Waals surface area contributed by atoms with Gasteiger partial charge in [0.05, 0.1) is 22.9 Å². The summed E-state index contributed by atoms with van der Waals surface area (Å²) in [5.41, 5.74) is -1.77. The highest BCUT2D eigenvalue weighted by Gasteiger charge is 2.47. The van der Waals surface area contributed by atoms with Crippen molar-refractivity contribution in [3.8, 4) is 11.8 Å². The Bertz CT molecular complexity index is 1050. The fraction of sp³-hybridized carbons (Fsp3) is 0.286. The normalized spacial score (nSPS) is 18.3. The van der Waals surface area contributed by atoms with Gasteiger partial charge in [-0.05, 0) is 43.7 Å². The lowest BCUT2D eigenvalue weighted by atomic mass is 9.90. The van der Waals surface area contributed by atoms with Gasteiger partial charge in [-0.3, -0.25) is 9.59 Å². The van der Waals surface area contributed by atoms with Crippen molar-refractivity contribution >= 4 is 18.0 Å². The number of ether oxygens (including phenoxy) is 1. The first-order valence-corrected chi connectivity index (χ1v) is 9.02. The molecule has 156 valence electrons. The first kappa shape index (κ1) is 21.2. The molecule has 2 aromatic rings. The lowest BCUT2D eigenvalue weighted by Crippen LogP contribution is -2.53. The van der Waals surface area contributed by atoms with Gasteiger partial charge in [0.25, 0.3) is 5.91 Å². The Balaban J connectivity index is 2.17. The molecule has 1 aliphatic rings. The van der Waals surface area contributed by atoms with Gasteiger partial charge in [0, 0.05) is 18.7 Å². The maximum atomic E-state index is 13.4. The Hall–Kier alpha value is -3.54. The molecule has 3 rings (SSSR count). The molecule has 6 nitrogen and oxygen atoms in total. The zero-order valence-corrected chi connectivity index (χ0v) is 16.2. The van der Waals surface area contributed by atoms with E-state index in [1.54, 1.807) is 18.2 Å². The number of hydrogen-bond donors (Lipinski definition) is 1. The summed E-state index contributed by atoms with van der Waals surface area (Å²) in [5.74, 6) is -0.625.